The predicted octanol–water partition coefficient (Wildman–Crippen LogP) is 1.78. The van der Waals surface area contributed by atoms with Crippen LogP contribution < -0.4 is 10.9 Å². The van der Waals surface area contributed by atoms with Crippen molar-refractivity contribution in [3.8, 4) is 0 Å². The lowest BCUT2D eigenvalue weighted by Crippen LogP contribution is -2.23. The Morgan fingerprint density at radius 2 is 2.38 bits per heavy atom. The average molecular weight is 304 g/mol. The van der Waals surface area contributed by atoms with Gasteiger partial charge in [-0.3, -0.25) is 14.2 Å². The maximum atomic E-state index is 12.1. The molecule has 1 amide bonds. The van der Waals surface area contributed by atoms with Crippen molar-refractivity contribution < 1.29 is 9.32 Å². The van der Waals surface area contributed by atoms with Crippen LogP contribution in [0.4, 0.5) is 5.82 Å². The Labute approximate surface area is 123 Å². The molecule has 108 valence electrons. The Morgan fingerprint density at radius 3 is 3.14 bits per heavy atom. The summed E-state index contributed by atoms with van der Waals surface area (Å²) in [5.74, 6) is 0.755. The van der Waals surface area contributed by atoms with Gasteiger partial charge in [0.25, 0.3) is 5.56 Å². The van der Waals surface area contributed by atoms with Crippen molar-refractivity contribution in [1.82, 2.24) is 14.7 Å². The topological polar surface area (TPSA) is 90.0 Å². The lowest BCUT2D eigenvalue weighted by Gasteiger charge is -2.04. The van der Waals surface area contributed by atoms with Crippen molar-refractivity contribution in [3.63, 3.8) is 0 Å². The first-order valence-electron chi connectivity index (χ1n) is 6.29. The van der Waals surface area contributed by atoms with E-state index >= 15 is 0 Å². The number of fused-ring (bicyclic) bond motifs is 1. The first kappa shape index (κ1) is 13.5. The SMILES string of the molecule is Cc1cc(NC(=O)CCn2cnc3sccc3c2=O)no1. The van der Waals surface area contributed by atoms with E-state index in [4.69, 9.17) is 4.52 Å². The van der Waals surface area contributed by atoms with Gasteiger partial charge in [0.1, 0.15) is 10.6 Å². The van der Waals surface area contributed by atoms with Crippen LogP contribution in [0.3, 0.4) is 0 Å². The molecule has 0 radical (unpaired) electrons. The number of anilines is 1. The molecule has 0 aromatic carbocycles. The molecule has 0 atom stereocenters. The van der Waals surface area contributed by atoms with Gasteiger partial charge in [0, 0.05) is 19.0 Å². The zero-order valence-electron chi connectivity index (χ0n) is 11.2. The molecule has 1 N–H and O–H groups in total. The van der Waals surface area contributed by atoms with Gasteiger partial charge in [-0.25, -0.2) is 4.98 Å². The van der Waals surface area contributed by atoms with Crippen LogP contribution in [0.15, 0.2) is 33.2 Å². The van der Waals surface area contributed by atoms with E-state index in [1.54, 1.807) is 19.1 Å². The van der Waals surface area contributed by atoms with Crippen LogP contribution >= 0.6 is 11.3 Å². The lowest BCUT2D eigenvalue weighted by molar-refractivity contribution is -0.116. The maximum absolute atomic E-state index is 12.1. The highest BCUT2D eigenvalue weighted by Crippen LogP contribution is 2.13. The molecule has 3 aromatic heterocycles. The summed E-state index contributed by atoms with van der Waals surface area (Å²) >= 11 is 1.42. The van der Waals surface area contributed by atoms with Crippen LogP contribution in [0.2, 0.25) is 0 Å². The van der Waals surface area contributed by atoms with Gasteiger partial charge in [-0.05, 0) is 18.4 Å². The molecule has 3 heterocycles. The highest BCUT2D eigenvalue weighted by Gasteiger charge is 2.09. The standard InChI is InChI=1S/C13H12N4O3S/c1-8-6-10(16-20-8)15-11(18)2-4-17-7-14-12-9(13(17)19)3-5-21-12/h3,5-7H,2,4H2,1H3,(H,15,16,18). The highest BCUT2D eigenvalue weighted by molar-refractivity contribution is 7.16. The number of hydrogen-bond donors (Lipinski definition) is 1. The molecule has 3 aromatic rings. The molecule has 3 rings (SSSR count). The molecule has 21 heavy (non-hydrogen) atoms. The number of thiophene rings is 1. The second kappa shape index (κ2) is 5.49. The number of aryl methyl sites for hydroxylation is 2. The smallest absolute Gasteiger partial charge is 0.262 e. The number of amides is 1. The molecule has 8 heteroatoms. The Kier molecular flexibility index (Phi) is 3.53. The molecule has 7 nitrogen and oxygen atoms in total. The zero-order chi connectivity index (χ0) is 14.8. The van der Waals surface area contributed by atoms with E-state index in [1.807, 2.05) is 5.38 Å². The average Bonchev–Trinajstić information content (AvgIpc) is 3.07. The fraction of sp³-hybridized carbons (Fsp3) is 0.231. The van der Waals surface area contributed by atoms with Crippen molar-refractivity contribution in [3.05, 3.63) is 40.0 Å². The zero-order valence-corrected chi connectivity index (χ0v) is 12.0. The maximum Gasteiger partial charge on any atom is 0.262 e. The summed E-state index contributed by atoms with van der Waals surface area (Å²) in [6, 6.07) is 3.37. The highest BCUT2D eigenvalue weighted by atomic mass is 32.1. The van der Waals surface area contributed by atoms with Gasteiger partial charge in [-0.1, -0.05) is 5.16 Å². The number of carbonyl (C=O) groups excluding carboxylic acids is 1. The van der Waals surface area contributed by atoms with E-state index in [-0.39, 0.29) is 24.4 Å². The van der Waals surface area contributed by atoms with E-state index in [9.17, 15) is 9.59 Å². The molecular weight excluding hydrogens is 292 g/mol. The normalized spacial score (nSPS) is 10.9. The molecule has 0 saturated heterocycles. The van der Waals surface area contributed by atoms with Gasteiger partial charge in [0.15, 0.2) is 5.82 Å². The van der Waals surface area contributed by atoms with E-state index in [0.29, 0.717) is 21.8 Å². The van der Waals surface area contributed by atoms with Crippen molar-refractivity contribution >= 4 is 33.3 Å². The Hall–Kier alpha value is -2.48. The van der Waals surface area contributed by atoms with Crippen molar-refractivity contribution in [1.29, 1.82) is 0 Å². The summed E-state index contributed by atoms with van der Waals surface area (Å²) < 4.78 is 6.29. The van der Waals surface area contributed by atoms with Crippen LogP contribution in [0.25, 0.3) is 10.2 Å². The monoisotopic (exact) mass is 304 g/mol. The third-order valence-electron chi connectivity index (χ3n) is 2.93. The number of nitrogens with zero attached hydrogens (tertiary/aromatic N) is 3. The lowest BCUT2D eigenvalue weighted by atomic mass is 10.3. The molecule has 0 unspecified atom stereocenters. The summed E-state index contributed by atoms with van der Waals surface area (Å²) in [4.78, 5) is 28.8. The summed E-state index contributed by atoms with van der Waals surface area (Å²) in [6.45, 7) is 2.00. The van der Waals surface area contributed by atoms with Crippen LogP contribution in [0, 0.1) is 6.92 Å². The molecule has 0 spiro atoms. The number of hydrogen-bond acceptors (Lipinski definition) is 6. The minimum atomic E-state index is -0.236. The summed E-state index contributed by atoms with van der Waals surface area (Å²) in [7, 11) is 0. The molecular formula is C13H12N4O3S. The third-order valence-corrected chi connectivity index (χ3v) is 3.75. The number of nitrogens with one attached hydrogen (secondary N) is 1. The quantitative estimate of drug-likeness (QED) is 0.793. The Morgan fingerprint density at radius 1 is 1.52 bits per heavy atom. The Balaban J connectivity index is 1.67. The third kappa shape index (κ3) is 2.84. The summed E-state index contributed by atoms with van der Waals surface area (Å²) in [5, 5.41) is 8.68. The summed E-state index contributed by atoms with van der Waals surface area (Å²) in [5.41, 5.74) is -0.133. The van der Waals surface area contributed by atoms with Crippen LogP contribution in [-0.4, -0.2) is 20.6 Å². The van der Waals surface area contributed by atoms with E-state index in [2.05, 4.69) is 15.5 Å². The van der Waals surface area contributed by atoms with Crippen molar-refractivity contribution in [2.24, 2.45) is 0 Å². The van der Waals surface area contributed by atoms with E-state index < -0.39 is 0 Å². The fourth-order valence-electron chi connectivity index (χ4n) is 1.91. The second-order valence-corrected chi connectivity index (χ2v) is 5.40. The minimum Gasteiger partial charge on any atom is -0.360 e. The first-order valence-corrected chi connectivity index (χ1v) is 7.17. The molecule has 0 bridgehead atoms. The van der Waals surface area contributed by atoms with E-state index in [0.717, 1.165) is 0 Å². The van der Waals surface area contributed by atoms with Gasteiger partial charge in [0.05, 0.1) is 11.7 Å². The van der Waals surface area contributed by atoms with Crippen molar-refractivity contribution in [2.45, 2.75) is 19.9 Å². The minimum absolute atomic E-state index is 0.133. The second-order valence-electron chi connectivity index (χ2n) is 4.50. The molecule has 0 aliphatic heterocycles. The van der Waals surface area contributed by atoms with Crippen LogP contribution in [-0.2, 0) is 11.3 Å². The van der Waals surface area contributed by atoms with E-state index in [1.165, 1.54) is 22.2 Å². The summed E-state index contributed by atoms with van der Waals surface area (Å²) in [6.07, 6.45) is 1.62. The van der Waals surface area contributed by atoms with Crippen molar-refractivity contribution in [2.75, 3.05) is 5.32 Å². The first-order chi connectivity index (χ1) is 10.1. The number of carbonyl (C=O) groups is 1. The molecule has 0 aliphatic carbocycles. The molecule has 0 saturated carbocycles. The Bertz CT molecular complexity index is 848. The van der Waals surface area contributed by atoms with Gasteiger partial charge in [-0.15, -0.1) is 11.3 Å². The largest absolute Gasteiger partial charge is 0.360 e. The van der Waals surface area contributed by atoms with Gasteiger partial charge < -0.3 is 9.84 Å². The van der Waals surface area contributed by atoms with Crippen LogP contribution in [0.1, 0.15) is 12.2 Å². The van der Waals surface area contributed by atoms with Crippen LogP contribution in [0.5, 0.6) is 0 Å². The predicted molar refractivity (Wildman–Crippen MR) is 78.4 cm³/mol. The fourth-order valence-corrected chi connectivity index (χ4v) is 2.63. The van der Waals surface area contributed by atoms with Gasteiger partial charge >= 0.3 is 0 Å². The molecule has 0 fully saturated rings. The van der Waals surface area contributed by atoms with Gasteiger partial charge in [0.2, 0.25) is 5.91 Å². The number of aromatic nitrogens is 3. The van der Waals surface area contributed by atoms with Gasteiger partial charge in [-0.2, -0.15) is 0 Å². The molecule has 0 aliphatic rings. The number of rotatable bonds is 4.